The molecule has 5 heteroatoms. The topological polar surface area (TPSA) is 61.8 Å². The average molecular weight is 386 g/mol. The first kappa shape index (κ1) is 20.6. The summed E-state index contributed by atoms with van der Waals surface area (Å²) in [5.74, 6) is -1.12. The van der Waals surface area contributed by atoms with Crippen LogP contribution in [0.5, 0.6) is 0 Å². The monoisotopic (exact) mass is 386 g/mol. The maximum absolute atomic E-state index is 12.6. The minimum atomic E-state index is -1.30. The first-order valence-electron chi connectivity index (χ1n) is 9.68. The van der Waals surface area contributed by atoms with E-state index in [-0.39, 0.29) is 12.0 Å². The molecular formula is C23H30O5. The lowest BCUT2D eigenvalue weighted by molar-refractivity contribution is -0.169. The minimum absolute atomic E-state index is 0.0481. The molecule has 152 valence electrons. The van der Waals surface area contributed by atoms with Gasteiger partial charge in [-0.15, -0.1) is 0 Å². The Balaban J connectivity index is 2.08. The van der Waals surface area contributed by atoms with Gasteiger partial charge in [0.2, 0.25) is 0 Å². The van der Waals surface area contributed by atoms with Crippen LogP contribution in [0.1, 0.15) is 55.0 Å². The van der Waals surface area contributed by atoms with Gasteiger partial charge >= 0.3 is 11.9 Å². The van der Waals surface area contributed by atoms with E-state index in [1.165, 1.54) is 30.9 Å². The number of carbonyl (C=O) groups is 2. The van der Waals surface area contributed by atoms with Crippen LogP contribution in [-0.4, -0.2) is 31.8 Å². The standard InChI is InChI=1S/C23H30O5/c1-13-8-14(2)19(15(3)9-13)18-10-16-11-23(20(24)26-6,21(25)27-7)12-17(16)22(4,5)28-18/h8-10,17-18H,11-12H2,1-7H3/t17-,18+/m1/s1. The smallest absolute Gasteiger partial charge is 0.323 e. The molecular weight excluding hydrogens is 356 g/mol. The van der Waals surface area contributed by atoms with Crippen LogP contribution in [0, 0.1) is 32.1 Å². The quantitative estimate of drug-likeness (QED) is 0.444. The zero-order valence-corrected chi connectivity index (χ0v) is 17.8. The zero-order valence-electron chi connectivity index (χ0n) is 17.8. The van der Waals surface area contributed by atoms with Gasteiger partial charge in [0.25, 0.3) is 0 Å². The van der Waals surface area contributed by atoms with Crippen LogP contribution in [0.15, 0.2) is 23.8 Å². The van der Waals surface area contributed by atoms with Crippen molar-refractivity contribution >= 4 is 11.9 Å². The minimum Gasteiger partial charge on any atom is -0.468 e. The van der Waals surface area contributed by atoms with E-state index in [0.29, 0.717) is 12.8 Å². The summed E-state index contributed by atoms with van der Waals surface area (Å²) in [5.41, 5.74) is 3.97. The first-order valence-corrected chi connectivity index (χ1v) is 9.68. The van der Waals surface area contributed by atoms with Crippen molar-refractivity contribution in [2.24, 2.45) is 11.3 Å². The third kappa shape index (κ3) is 3.16. The van der Waals surface area contributed by atoms with E-state index in [9.17, 15) is 9.59 Å². The van der Waals surface area contributed by atoms with Crippen molar-refractivity contribution in [3.63, 3.8) is 0 Å². The molecule has 0 radical (unpaired) electrons. The molecule has 2 atom stereocenters. The van der Waals surface area contributed by atoms with E-state index in [1.807, 2.05) is 13.8 Å². The molecule has 0 saturated heterocycles. The van der Waals surface area contributed by atoms with E-state index < -0.39 is 23.0 Å². The Morgan fingerprint density at radius 2 is 1.57 bits per heavy atom. The van der Waals surface area contributed by atoms with Crippen LogP contribution in [0.3, 0.4) is 0 Å². The van der Waals surface area contributed by atoms with Crippen molar-refractivity contribution in [2.45, 2.75) is 59.2 Å². The molecule has 1 aromatic rings. The fraction of sp³-hybridized carbons (Fsp3) is 0.565. The van der Waals surface area contributed by atoms with Crippen molar-refractivity contribution in [1.29, 1.82) is 0 Å². The van der Waals surface area contributed by atoms with Gasteiger partial charge in [-0.25, -0.2) is 0 Å². The number of hydrogen-bond acceptors (Lipinski definition) is 5. The van der Waals surface area contributed by atoms with Crippen LogP contribution in [0.2, 0.25) is 0 Å². The Kier molecular flexibility index (Phi) is 5.17. The average Bonchev–Trinajstić information content (AvgIpc) is 3.01. The Bertz CT molecular complexity index is 810. The van der Waals surface area contributed by atoms with Crippen molar-refractivity contribution in [2.75, 3.05) is 14.2 Å². The lowest BCUT2D eigenvalue weighted by Gasteiger charge is -2.41. The molecule has 3 rings (SSSR count). The van der Waals surface area contributed by atoms with Gasteiger partial charge in [-0.05, 0) is 64.2 Å². The summed E-state index contributed by atoms with van der Waals surface area (Å²) in [6, 6.07) is 4.32. The van der Waals surface area contributed by atoms with Crippen LogP contribution in [0.4, 0.5) is 0 Å². The number of rotatable bonds is 3. The molecule has 1 saturated carbocycles. The van der Waals surface area contributed by atoms with Crippen LogP contribution in [0.25, 0.3) is 0 Å². The lowest BCUT2D eigenvalue weighted by atomic mass is 9.79. The molecule has 5 nitrogen and oxygen atoms in total. The predicted molar refractivity (Wildman–Crippen MR) is 106 cm³/mol. The fourth-order valence-electron chi connectivity index (χ4n) is 5.10. The summed E-state index contributed by atoms with van der Waals surface area (Å²) < 4.78 is 16.5. The number of carbonyl (C=O) groups excluding carboxylic acids is 2. The van der Waals surface area contributed by atoms with E-state index in [4.69, 9.17) is 14.2 Å². The second-order valence-electron chi connectivity index (χ2n) is 8.69. The van der Waals surface area contributed by atoms with Gasteiger partial charge in [0, 0.05) is 5.92 Å². The largest absolute Gasteiger partial charge is 0.468 e. The maximum atomic E-state index is 12.6. The third-order valence-electron chi connectivity index (χ3n) is 6.32. The number of benzene rings is 1. The number of hydrogen-bond donors (Lipinski definition) is 0. The number of aryl methyl sites for hydroxylation is 3. The van der Waals surface area contributed by atoms with Gasteiger partial charge < -0.3 is 14.2 Å². The highest BCUT2D eigenvalue weighted by molar-refractivity contribution is 6.01. The molecule has 0 amide bonds. The SMILES string of the molecule is COC(=O)C1(C(=O)OC)CC2=C[C@@H](c3c(C)cc(C)cc3C)OC(C)(C)[C@@H]2C1. The predicted octanol–water partition coefficient (Wildman–Crippen LogP) is 4.13. The van der Waals surface area contributed by atoms with Gasteiger partial charge in [0.05, 0.1) is 19.8 Å². The Morgan fingerprint density at radius 3 is 2.07 bits per heavy atom. The molecule has 1 aromatic carbocycles. The Morgan fingerprint density at radius 1 is 1.04 bits per heavy atom. The first-order chi connectivity index (χ1) is 13.1. The van der Waals surface area contributed by atoms with Crippen molar-refractivity contribution in [3.8, 4) is 0 Å². The highest BCUT2D eigenvalue weighted by Gasteiger charge is 2.59. The molecule has 0 bridgehead atoms. The van der Waals surface area contributed by atoms with Crippen molar-refractivity contribution in [3.05, 3.63) is 46.0 Å². The molecule has 1 heterocycles. The molecule has 0 unspecified atom stereocenters. The summed E-state index contributed by atoms with van der Waals surface area (Å²) in [6.07, 6.45) is 2.52. The number of esters is 2. The molecule has 28 heavy (non-hydrogen) atoms. The summed E-state index contributed by atoms with van der Waals surface area (Å²) in [7, 11) is 2.62. The molecule has 1 aliphatic carbocycles. The second-order valence-corrected chi connectivity index (χ2v) is 8.69. The van der Waals surface area contributed by atoms with E-state index in [0.717, 1.165) is 11.1 Å². The molecule has 1 fully saturated rings. The number of ether oxygens (including phenoxy) is 3. The van der Waals surface area contributed by atoms with Crippen LogP contribution < -0.4 is 0 Å². The van der Waals surface area contributed by atoms with Crippen LogP contribution >= 0.6 is 0 Å². The summed E-state index contributed by atoms with van der Waals surface area (Å²) >= 11 is 0. The molecule has 0 spiro atoms. The third-order valence-corrected chi connectivity index (χ3v) is 6.32. The highest BCUT2D eigenvalue weighted by atomic mass is 16.5. The van der Waals surface area contributed by atoms with E-state index >= 15 is 0 Å². The molecule has 0 N–H and O–H groups in total. The van der Waals surface area contributed by atoms with Gasteiger partial charge in [0.1, 0.15) is 6.10 Å². The highest BCUT2D eigenvalue weighted by Crippen LogP contribution is 2.55. The summed E-state index contributed by atoms with van der Waals surface area (Å²) in [6.45, 7) is 10.3. The van der Waals surface area contributed by atoms with Gasteiger partial charge in [-0.1, -0.05) is 29.3 Å². The zero-order chi connectivity index (χ0) is 20.9. The number of fused-ring (bicyclic) bond motifs is 1. The number of methoxy groups -OCH3 is 2. The fourth-order valence-corrected chi connectivity index (χ4v) is 5.10. The molecule has 2 aliphatic rings. The maximum Gasteiger partial charge on any atom is 0.323 e. The van der Waals surface area contributed by atoms with E-state index in [1.54, 1.807) is 0 Å². The molecule has 0 aromatic heterocycles. The van der Waals surface area contributed by atoms with Crippen molar-refractivity contribution < 1.29 is 23.8 Å². The van der Waals surface area contributed by atoms with Gasteiger partial charge in [-0.3, -0.25) is 9.59 Å². The van der Waals surface area contributed by atoms with Gasteiger partial charge in [-0.2, -0.15) is 0 Å². The van der Waals surface area contributed by atoms with Gasteiger partial charge in [0.15, 0.2) is 5.41 Å². The molecule has 1 aliphatic heterocycles. The van der Waals surface area contributed by atoms with Crippen LogP contribution in [-0.2, 0) is 23.8 Å². The Hall–Kier alpha value is -2.14. The lowest BCUT2D eigenvalue weighted by Crippen LogP contribution is -2.42. The van der Waals surface area contributed by atoms with Crippen molar-refractivity contribution in [1.82, 2.24) is 0 Å². The Labute approximate surface area is 167 Å². The van der Waals surface area contributed by atoms with E-state index in [2.05, 4.69) is 39.0 Å². The second kappa shape index (κ2) is 7.03. The summed E-state index contributed by atoms with van der Waals surface area (Å²) in [5, 5.41) is 0. The normalized spacial score (nSPS) is 24.9. The summed E-state index contributed by atoms with van der Waals surface area (Å²) in [4.78, 5) is 25.2.